The number of allylic oxidation sites excluding steroid dienone is 1. The van der Waals surface area contributed by atoms with Crippen LogP contribution >= 0.6 is 0 Å². The molecular weight excluding hydrogens is 459 g/mol. The van der Waals surface area contributed by atoms with Gasteiger partial charge in [-0.3, -0.25) is 9.59 Å². The van der Waals surface area contributed by atoms with E-state index in [2.05, 4.69) is 29.0 Å². The minimum Gasteiger partial charge on any atom is -0.492 e. The molecule has 200 valence electrons. The van der Waals surface area contributed by atoms with Gasteiger partial charge in [0.1, 0.15) is 18.2 Å². The van der Waals surface area contributed by atoms with Crippen LogP contribution in [0.2, 0.25) is 0 Å². The Morgan fingerprint density at radius 2 is 1.89 bits per heavy atom. The van der Waals surface area contributed by atoms with E-state index in [9.17, 15) is 14.0 Å². The van der Waals surface area contributed by atoms with Gasteiger partial charge in [-0.05, 0) is 49.7 Å². The number of unbranched alkanes of at least 4 members (excludes halogenated alkanes) is 1. The Morgan fingerprint density at radius 1 is 1.08 bits per heavy atom. The van der Waals surface area contributed by atoms with Gasteiger partial charge in [0.2, 0.25) is 11.8 Å². The van der Waals surface area contributed by atoms with Gasteiger partial charge in [-0.2, -0.15) is 0 Å². The zero-order valence-corrected chi connectivity index (χ0v) is 21.9. The molecule has 36 heavy (non-hydrogen) atoms. The van der Waals surface area contributed by atoms with Gasteiger partial charge in [0, 0.05) is 37.9 Å². The van der Waals surface area contributed by atoms with Crippen LogP contribution in [0.4, 0.5) is 4.39 Å². The van der Waals surface area contributed by atoms with E-state index in [1.165, 1.54) is 31.4 Å². The number of aryl methyl sites for hydroxylation is 1. The van der Waals surface area contributed by atoms with Gasteiger partial charge < -0.3 is 25.6 Å². The standard InChI is InChI=1S/C28H43FN4O3/c1-3-4-12-24-28(22-9-6-5-7-10-22)31-16-17-36-25-18-23(29)14-13-21(25)11-8-15-30-26(34)19-32-27(35)20-33(24)2/h12-14,18,22,28,31H,3-11,15-17,19-20H2,1-2H3,(H,30,34)(H,32,35)/b24-12+. The minimum atomic E-state index is -0.320. The SMILES string of the molecule is CCC/C=C1\C(C2CCCCC2)NCCOc2cc(F)ccc2CCCNC(=O)CNC(=O)CN1C. The summed E-state index contributed by atoms with van der Waals surface area (Å²) in [5, 5.41) is 9.33. The number of nitrogens with one attached hydrogen (secondary N) is 3. The Morgan fingerprint density at radius 3 is 2.67 bits per heavy atom. The topological polar surface area (TPSA) is 82.7 Å². The van der Waals surface area contributed by atoms with Crippen molar-refractivity contribution in [2.75, 3.05) is 39.8 Å². The number of hydrogen-bond donors (Lipinski definition) is 3. The zero-order chi connectivity index (χ0) is 25.8. The van der Waals surface area contributed by atoms with Gasteiger partial charge in [-0.25, -0.2) is 4.39 Å². The van der Waals surface area contributed by atoms with Crippen LogP contribution in [-0.2, 0) is 16.0 Å². The molecule has 1 heterocycles. The number of carbonyl (C=O) groups is 2. The molecule has 0 aromatic heterocycles. The number of rotatable bonds is 3. The first-order chi connectivity index (χ1) is 17.5. The van der Waals surface area contributed by atoms with Gasteiger partial charge in [0.25, 0.3) is 0 Å². The fraction of sp³-hybridized carbons (Fsp3) is 0.643. The number of hydrogen-bond acceptors (Lipinski definition) is 5. The molecule has 1 saturated carbocycles. The maximum absolute atomic E-state index is 14.0. The van der Waals surface area contributed by atoms with E-state index >= 15 is 0 Å². The number of fused-ring (bicyclic) bond motifs is 1. The van der Waals surface area contributed by atoms with Crippen LogP contribution in [0, 0.1) is 11.7 Å². The first-order valence-corrected chi connectivity index (χ1v) is 13.6. The predicted molar refractivity (Wildman–Crippen MR) is 140 cm³/mol. The second kappa shape index (κ2) is 14.8. The van der Waals surface area contributed by atoms with Gasteiger partial charge in [0.15, 0.2) is 0 Å². The molecule has 1 unspecified atom stereocenters. The quantitative estimate of drug-likeness (QED) is 0.589. The van der Waals surface area contributed by atoms with Crippen molar-refractivity contribution in [3.63, 3.8) is 0 Å². The van der Waals surface area contributed by atoms with E-state index in [0.717, 1.165) is 36.9 Å². The van der Waals surface area contributed by atoms with E-state index < -0.39 is 0 Å². The molecule has 7 nitrogen and oxygen atoms in total. The van der Waals surface area contributed by atoms with E-state index in [-0.39, 0.29) is 36.8 Å². The second-order valence-corrected chi connectivity index (χ2v) is 9.93. The molecule has 1 aliphatic heterocycles. The Balaban J connectivity index is 1.82. The number of halogens is 1. The minimum absolute atomic E-state index is 0.0457. The summed E-state index contributed by atoms with van der Waals surface area (Å²) in [6.07, 6.45) is 11.5. The largest absolute Gasteiger partial charge is 0.492 e. The number of nitrogens with zero attached hydrogens (tertiary/aromatic N) is 1. The molecular formula is C28H43FN4O3. The highest BCUT2D eigenvalue weighted by atomic mass is 19.1. The van der Waals surface area contributed by atoms with Crippen LogP contribution in [-0.4, -0.2) is 62.6 Å². The molecule has 1 fully saturated rings. The molecule has 3 N–H and O–H groups in total. The summed E-state index contributed by atoms with van der Waals surface area (Å²) >= 11 is 0. The lowest BCUT2D eigenvalue weighted by Gasteiger charge is -2.37. The van der Waals surface area contributed by atoms with Crippen LogP contribution in [0.15, 0.2) is 30.0 Å². The smallest absolute Gasteiger partial charge is 0.239 e. The van der Waals surface area contributed by atoms with Crippen molar-refractivity contribution in [2.24, 2.45) is 5.92 Å². The lowest BCUT2D eigenvalue weighted by Crippen LogP contribution is -2.47. The Kier molecular flexibility index (Phi) is 11.5. The third kappa shape index (κ3) is 8.80. The maximum atomic E-state index is 14.0. The molecule has 1 atom stereocenters. The summed E-state index contributed by atoms with van der Waals surface area (Å²) in [7, 11) is 1.95. The van der Waals surface area contributed by atoms with Crippen molar-refractivity contribution < 1.29 is 18.7 Å². The van der Waals surface area contributed by atoms with Gasteiger partial charge in [0.05, 0.1) is 13.1 Å². The van der Waals surface area contributed by atoms with E-state index in [1.807, 2.05) is 11.9 Å². The highest BCUT2D eigenvalue weighted by molar-refractivity contribution is 5.85. The first-order valence-electron chi connectivity index (χ1n) is 13.6. The van der Waals surface area contributed by atoms with Crippen molar-refractivity contribution in [2.45, 2.75) is 70.8 Å². The van der Waals surface area contributed by atoms with Crippen LogP contribution in [0.3, 0.4) is 0 Å². The number of amides is 2. The molecule has 0 spiro atoms. The van der Waals surface area contributed by atoms with Crippen molar-refractivity contribution >= 4 is 11.8 Å². The summed E-state index contributed by atoms with van der Waals surface area (Å²) in [4.78, 5) is 26.9. The molecule has 3 rings (SSSR count). The normalized spacial score (nSPS) is 23.1. The average Bonchev–Trinajstić information content (AvgIpc) is 2.87. The summed E-state index contributed by atoms with van der Waals surface area (Å²) < 4.78 is 20.0. The fourth-order valence-corrected chi connectivity index (χ4v) is 5.15. The average molecular weight is 503 g/mol. The number of benzene rings is 1. The highest BCUT2D eigenvalue weighted by Crippen LogP contribution is 2.31. The third-order valence-electron chi connectivity index (χ3n) is 7.05. The van der Waals surface area contributed by atoms with Crippen molar-refractivity contribution in [1.29, 1.82) is 0 Å². The van der Waals surface area contributed by atoms with Gasteiger partial charge in [-0.1, -0.05) is 44.7 Å². The predicted octanol–water partition coefficient (Wildman–Crippen LogP) is 3.54. The molecule has 0 saturated heterocycles. The first kappa shape index (κ1) is 28.0. The maximum Gasteiger partial charge on any atom is 0.239 e. The Bertz CT molecular complexity index is 886. The molecule has 1 aliphatic carbocycles. The van der Waals surface area contributed by atoms with Crippen LogP contribution in [0.25, 0.3) is 0 Å². The molecule has 2 aliphatic rings. The molecule has 0 bridgehead atoms. The van der Waals surface area contributed by atoms with Crippen LogP contribution in [0.1, 0.15) is 63.9 Å². The summed E-state index contributed by atoms with van der Waals surface area (Å²) in [6.45, 7) is 3.81. The van der Waals surface area contributed by atoms with E-state index in [0.29, 0.717) is 44.2 Å². The fourth-order valence-electron chi connectivity index (χ4n) is 5.15. The third-order valence-corrected chi connectivity index (χ3v) is 7.05. The lowest BCUT2D eigenvalue weighted by molar-refractivity contribution is -0.126. The monoisotopic (exact) mass is 502 g/mol. The van der Waals surface area contributed by atoms with Crippen molar-refractivity contribution in [3.8, 4) is 5.75 Å². The van der Waals surface area contributed by atoms with Gasteiger partial charge >= 0.3 is 0 Å². The lowest BCUT2D eigenvalue weighted by atomic mass is 9.82. The van der Waals surface area contributed by atoms with Crippen molar-refractivity contribution in [3.05, 3.63) is 41.4 Å². The summed E-state index contributed by atoms with van der Waals surface area (Å²) in [5.74, 6) is 0.335. The molecule has 2 amide bonds. The number of ether oxygens (including phenoxy) is 1. The van der Waals surface area contributed by atoms with Crippen LogP contribution in [0.5, 0.6) is 5.75 Å². The van der Waals surface area contributed by atoms with Crippen LogP contribution < -0.4 is 20.7 Å². The Labute approximate surface area is 215 Å². The van der Waals surface area contributed by atoms with Gasteiger partial charge in [-0.15, -0.1) is 0 Å². The van der Waals surface area contributed by atoms with E-state index in [1.54, 1.807) is 6.07 Å². The highest BCUT2D eigenvalue weighted by Gasteiger charge is 2.29. The molecule has 0 radical (unpaired) electrons. The molecule has 1 aromatic rings. The Hall–Kier alpha value is -2.61. The molecule has 8 heteroatoms. The number of likely N-dealkylation sites (N-methyl/N-ethyl adjacent to an activating group) is 1. The summed E-state index contributed by atoms with van der Waals surface area (Å²) in [6, 6.07) is 4.75. The van der Waals surface area contributed by atoms with Crippen molar-refractivity contribution in [1.82, 2.24) is 20.9 Å². The molecule has 1 aromatic carbocycles. The number of carbonyl (C=O) groups excluding carboxylic acids is 2. The second-order valence-electron chi connectivity index (χ2n) is 9.93. The van der Waals surface area contributed by atoms with E-state index in [4.69, 9.17) is 4.74 Å². The zero-order valence-electron chi connectivity index (χ0n) is 21.9. The summed E-state index contributed by atoms with van der Waals surface area (Å²) in [5.41, 5.74) is 2.04.